The van der Waals surface area contributed by atoms with E-state index < -0.39 is 0 Å². The fraction of sp³-hybridized carbons (Fsp3) is 0.533. The quantitative estimate of drug-likeness (QED) is 0.626. The van der Waals surface area contributed by atoms with Gasteiger partial charge in [-0.1, -0.05) is 11.8 Å². The van der Waals surface area contributed by atoms with E-state index in [0.29, 0.717) is 6.54 Å². The number of imidazole rings is 1. The molecular weight excluding hydrogens is 312 g/mol. The molecule has 2 N–H and O–H groups in total. The van der Waals surface area contributed by atoms with Gasteiger partial charge in [0.05, 0.1) is 11.7 Å². The number of hydrogen-bond donors (Lipinski definition) is 2. The fourth-order valence-corrected chi connectivity index (χ4v) is 3.25. The molecule has 126 valence electrons. The molecule has 0 aliphatic rings. The number of carbonyl (C=O) groups is 1. The van der Waals surface area contributed by atoms with Crippen molar-refractivity contribution in [2.75, 3.05) is 19.3 Å². The van der Waals surface area contributed by atoms with Gasteiger partial charge in [0.1, 0.15) is 0 Å². The number of aryl methyl sites for hydroxylation is 3. The molecule has 1 unspecified atom stereocenters. The van der Waals surface area contributed by atoms with E-state index in [1.54, 1.807) is 29.9 Å². The molecule has 2 aromatic heterocycles. The summed E-state index contributed by atoms with van der Waals surface area (Å²) >= 11 is 1.62. The van der Waals surface area contributed by atoms with E-state index in [2.05, 4.69) is 20.5 Å². The van der Waals surface area contributed by atoms with Crippen LogP contribution in [0.25, 0.3) is 0 Å². The highest BCUT2D eigenvalue weighted by atomic mass is 32.2. The summed E-state index contributed by atoms with van der Waals surface area (Å²) in [5.41, 5.74) is 3.00. The number of nitrogens with one attached hydrogen (secondary N) is 2. The van der Waals surface area contributed by atoms with Crippen molar-refractivity contribution in [2.45, 2.75) is 32.0 Å². The van der Waals surface area contributed by atoms with E-state index in [1.807, 2.05) is 38.6 Å². The van der Waals surface area contributed by atoms with Crippen molar-refractivity contribution in [3.63, 3.8) is 0 Å². The number of aromatic nitrogens is 4. The molecule has 2 rings (SSSR count). The molecule has 2 amide bonds. The van der Waals surface area contributed by atoms with Gasteiger partial charge in [-0.3, -0.25) is 5.10 Å². The summed E-state index contributed by atoms with van der Waals surface area (Å²) < 4.78 is 1.96. The minimum atomic E-state index is -0.0852. The molecule has 2 heterocycles. The predicted octanol–water partition coefficient (Wildman–Crippen LogP) is 2.25. The molecule has 8 heteroatoms. The number of rotatable bonds is 6. The molecule has 23 heavy (non-hydrogen) atoms. The molecule has 0 fully saturated rings. The first kappa shape index (κ1) is 17.4. The SMILES string of the molecule is Cc1n[nH]c(C)c1C(C)N(C)C(=O)NCCSc1nccn1C. The van der Waals surface area contributed by atoms with Gasteiger partial charge in [0.2, 0.25) is 0 Å². The Bertz CT molecular complexity index is 645. The van der Waals surface area contributed by atoms with E-state index in [1.165, 1.54) is 0 Å². The van der Waals surface area contributed by atoms with Gasteiger partial charge < -0.3 is 14.8 Å². The van der Waals surface area contributed by atoms with Crippen LogP contribution in [0.5, 0.6) is 0 Å². The minimum absolute atomic E-state index is 0.0315. The molecule has 0 radical (unpaired) electrons. The van der Waals surface area contributed by atoms with Gasteiger partial charge >= 0.3 is 6.03 Å². The third kappa shape index (κ3) is 4.07. The lowest BCUT2D eigenvalue weighted by Crippen LogP contribution is -2.40. The molecule has 0 spiro atoms. The van der Waals surface area contributed by atoms with Crippen LogP contribution in [0.3, 0.4) is 0 Å². The Morgan fingerprint density at radius 3 is 2.83 bits per heavy atom. The Labute approximate surface area is 140 Å². The maximum absolute atomic E-state index is 12.3. The van der Waals surface area contributed by atoms with E-state index in [0.717, 1.165) is 27.9 Å². The third-order valence-corrected chi connectivity index (χ3v) is 4.95. The summed E-state index contributed by atoms with van der Waals surface area (Å²) in [4.78, 5) is 18.2. The largest absolute Gasteiger partial charge is 0.337 e. The number of amides is 2. The number of H-pyrrole nitrogens is 1. The second kappa shape index (κ2) is 7.54. The number of urea groups is 1. The van der Waals surface area contributed by atoms with Crippen molar-refractivity contribution >= 4 is 17.8 Å². The molecule has 7 nitrogen and oxygen atoms in total. The van der Waals surface area contributed by atoms with Crippen LogP contribution in [0.4, 0.5) is 4.79 Å². The highest BCUT2D eigenvalue weighted by Crippen LogP contribution is 2.23. The first-order valence-corrected chi connectivity index (χ1v) is 8.52. The van der Waals surface area contributed by atoms with Gasteiger partial charge in [0, 0.05) is 50.0 Å². The van der Waals surface area contributed by atoms with E-state index in [-0.39, 0.29) is 12.1 Å². The molecule has 0 aromatic carbocycles. The van der Waals surface area contributed by atoms with Crippen LogP contribution in [-0.2, 0) is 7.05 Å². The van der Waals surface area contributed by atoms with Crippen molar-refractivity contribution in [3.05, 3.63) is 29.3 Å². The molecular formula is C15H24N6OS. The number of nitrogens with zero attached hydrogens (tertiary/aromatic N) is 4. The summed E-state index contributed by atoms with van der Waals surface area (Å²) in [6, 6.07) is -0.117. The van der Waals surface area contributed by atoms with Crippen molar-refractivity contribution in [1.29, 1.82) is 0 Å². The lowest BCUT2D eigenvalue weighted by atomic mass is 10.1. The molecule has 0 aliphatic carbocycles. The topological polar surface area (TPSA) is 78.8 Å². The molecule has 1 atom stereocenters. The summed E-state index contributed by atoms with van der Waals surface area (Å²) in [7, 11) is 3.76. The van der Waals surface area contributed by atoms with Crippen molar-refractivity contribution in [2.24, 2.45) is 7.05 Å². The normalized spacial score (nSPS) is 12.2. The summed E-state index contributed by atoms with van der Waals surface area (Å²) in [6.07, 6.45) is 3.68. The standard InChI is InChI=1S/C15H24N6OS/c1-10-13(11(2)19-18-10)12(3)21(5)14(22)16-7-9-23-15-17-6-8-20(15)4/h6,8,12H,7,9H2,1-5H3,(H,16,22)(H,18,19). The highest BCUT2D eigenvalue weighted by Gasteiger charge is 2.21. The third-order valence-electron chi connectivity index (χ3n) is 3.89. The Kier molecular flexibility index (Phi) is 5.70. The smallest absolute Gasteiger partial charge is 0.317 e. The van der Waals surface area contributed by atoms with Crippen LogP contribution in [0.1, 0.15) is 29.9 Å². The summed E-state index contributed by atoms with van der Waals surface area (Å²) in [5.74, 6) is 0.780. The van der Waals surface area contributed by atoms with Gasteiger partial charge in [-0.05, 0) is 20.8 Å². The lowest BCUT2D eigenvalue weighted by molar-refractivity contribution is 0.195. The highest BCUT2D eigenvalue weighted by molar-refractivity contribution is 7.99. The maximum atomic E-state index is 12.3. The number of aromatic amines is 1. The first-order valence-electron chi connectivity index (χ1n) is 7.54. The van der Waals surface area contributed by atoms with Gasteiger partial charge in [0.25, 0.3) is 0 Å². The minimum Gasteiger partial charge on any atom is -0.337 e. The Morgan fingerprint density at radius 1 is 1.52 bits per heavy atom. The van der Waals surface area contributed by atoms with Gasteiger partial charge in [-0.25, -0.2) is 9.78 Å². The van der Waals surface area contributed by atoms with Crippen molar-refractivity contribution in [1.82, 2.24) is 30.0 Å². The zero-order chi connectivity index (χ0) is 17.0. The zero-order valence-corrected chi connectivity index (χ0v) is 15.1. The molecule has 2 aromatic rings. The van der Waals surface area contributed by atoms with Crippen molar-refractivity contribution in [3.8, 4) is 0 Å². The van der Waals surface area contributed by atoms with Crippen LogP contribution in [0.15, 0.2) is 17.6 Å². The number of hydrogen-bond acceptors (Lipinski definition) is 4. The first-order chi connectivity index (χ1) is 10.9. The van der Waals surface area contributed by atoms with Gasteiger partial charge in [-0.15, -0.1) is 0 Å². The Balaban J connectivity index is 1.82. The average molecular weight is 336 g/mol. The van der Waals surface area contributed by atoms with Crippen LogP contribution in [0.2, 0.25) is 0 Å². The Morgan fingerprint density at radius 2 is 2.26 bits per heavy atom. The molecule has 0 saturated heterocycles. The second-order valence-electron chi connectivity index (χ2n) is 5.54. The molecule has 0 aliphatic heterocycles. The van der Waals surface area contributed by atoms with Crippen molar-refractivity contribution < 1.29 is 4.79 Å². The monoisotopic (exact) mass is 336 g/mol. The van der Waals surface area contributed by atoms with Gasteiger partial charge in [-0.2, -0.15) is 5.10 Å². The summed E-state index contributed by atoms with van der Waals surface area (Å²) in [6.45, 7) is 6.52. The lowest BCUT2D eigenvalue weighted by Gasteiger charge is -2.25. The van der Waals surface area contributed by atoms with E-state index in [9.17, 15) is 4.79 Å². The predicted molar refractivity (Wildman–Crippen MR) is 91.6 cm³/mol. The maximum Gasteiger partial charge on any atom is 0.317 e. The van der Waals surface area contributed by atoms with Crippen LogP contribution in [-0.4, -0.2) is 50.0 Å². The van der Waals surface area contributed by atoms with Crippen LogP contribution >= 0.6 is 11.8 Å². The summed E-state index contributed by atoms with van der Waals surface area (Å²) in [5, 5.41) is 11.1. The van der Waals surface area contributed by atoms with Crippen LogP contribution < -0.4 is 5.32 Å². The fourth-order valence-electron chi connectivity index (χ4n) is 2.46. The number of carbonyl (C=O) groups excluding carboxylic acids is 1. The number of thioether (sulfide) groups is 1. The average Bonchev–Trinajstić information content (AvgIpc) is 3.08. The van der Waals surface area contributed by atoms with E-state index in [4.69, 9.17) is 0 Å². The Hall–Kier alpha value is -1.96. The molecule has 0 saturated carbocycles. The van der Waals surface area contributed by atoms with E-state index >= 15 is 0 Å². The van der Waals surface area contributed by atoms with Gasteiger partial charge in [0.15, 0.2) is 5.16 Å². The zero-order valence-electron chi connectivity index (χ0n) is 14.3. The second-order valence-corrected chi connectivity index (χ2v) is 6.60. The van der Waals surface area contributed by atoms with Crippen LogP contribution in [0, 0.1) is 13.8 Å². The molecule has 0 bridgehead atoms.